The van der Waals surface area contributed by atoms with Crippen LogP contribution in [-0.2, 0) is 4.79 Å². The van der Waals surface area contributed by atoms with Crippen LogP contribution < -0.4 is 4.90 Å². The molecular weight excluding hydrogens is 299 g/mol. The van der Waals surface area contributed by atoms with Gasteiger partial charge in [0, 0.05) is 26.2 Å². The van der Waals surface area contributed by atoms with Gasteiger partial charge in [0.05, 0.1) is 17.0 Å². The Hall–Kier alpha value is -2.25. The second kappa shape index (κ2) is 5.75. The van der Waals surface area contributed by atoms with Crippen LogP contribution in [-0.4, -0.2) is 63.8 Å². The van der Waals surface area contributed by atoms with Gasteiger partial charge < -0.3 is 9.80 Å². The second-order valence-corrected chi connectivity index (χ2v) is 6.52. The van der Waals surface area contributed by atoms with Crippen LogP contribution in [0.3, 0.4) is 0 Å². The molecule has 0 saturated carbocycles. The summed E-state index contributed by atoms with van der Waals surface area (Å²) in [6.07, 6.45) is 1.72. The lowest BCUT2D eigenvalue weighted by Crippen LogP contribution is -2.52. The molecule has 1 fully saturated rings. The first kappa shape index (κ1) is 15.6. The number of piperazine rings is 1. The summed E-state index contributed by atoms with van der Waals surface area (Å²) in [6, 6.07) is 0. The van der Waals surface area contributed by atoms with Gasteiger partial charge in [0.2, 0.25) is 5.91 Å². The first-order chi connectivity index (χ1) is 10.9. The lowest BCUT2D eigenvalue weighted by atomic mass is 9.93. The number of amides is 1. The molecule has 1 aliphatic rings. The highest BCUT2D eigenvalue weighted by molar-refractivity contribution is 5.87. The lowest BCUT2D eigenvalue weighted by molar-refractivity contribution is -0.141. The Labute approximate surface area is 133 Å². The molecule has 1 amide bonds. The van der Waals surface area contributed by atoms with Gasteiger partial charge in [-0.1, -0.05) is 0 Å². The number of carbonyl (C=O) groups is 1. The van der Waals surface area contributed by atoms with E-state index in [4.69, 9.17) is 0 Å². The van der Waals surface area contributed by atoms with Crippen molar-refractivity contribution < 1.29 is 9.18 Å². The Balaban J connectivity index is 1.76. The third-order valence-corrected chi connectivity index (χ3v) is 4.18. The fraction of sp³-hybridized carbons (Fsp3) is 0.600. The van der Waals surface area contributed by atoms with Gasteiger partial charge in [0.25, 0.3) is 0 Å². The number of aromatic amines is 1. The van der Waals surface area contributed by atoms with Crippen LogP contribution in [0, 0.1) is 12.3 Å². The van der Waals surface area contributed by atoms with E-state index in [1.54, 1.807) is 24.9 Å². The summed E-state index contributed by atoms with van der Waals surface area (Å²) < 4.78 is 13.0. The molecule has 2 aromatic heterocycles. The highest BCUT2D eigenvalue weighted by Crippen LogP contribution is 2.25. The smallest absolute Gasteiger partial charge is 0.230 e. The predicted molar refractivity (Wildman–Crippen MR) is 85.0 cm³/mol. The molecule has 8 heteroatoms. The van der Waals surface area contributed by atoms with Gasteiger partial charge in [-0.3, -0.25) is 9.89 Å². The number of H-pyrrole nitrogens is 1. The average Bonchev–Trinajstić information content (AvgIpc) is 3.01. The standard InChI is InChI=1S/C15H21FN6O/c1-10-18-12-11(8-17-20-12)13(19-10)21-4-6-22(7-5-21)14(23)15(2,3)9-16/h8H,4-7,9H2,1-3H3,(H,17,18,19,20). The number of aryl methyl sites for hydroxylation is 1. The van der Waals surface area contributed by atoms with Crippen LogP contribution in [0.1, 0.15) is 19.7 Å². The fourth-order valence-electron chi connectivity index (χ4n) is 2.78. The number of fused-ring (bicyclic) bond motifs is 1. The number of halogens is 1. The van der Waals surface area contributed by atoms with Crippen molar-refractivity contribution in [2.45, 2.75) is 20.8 Å². The Morgan fingerprint density at radius 3 is 2.65 bits per heavy atom. The minimum atomic E-state index is -0.953. The summed E-state index contributed by atoms with van der Waals surface area (Å²) >= 11 is 0. The summed E-state index contributed by atoms with van der Waals surface area (Å²) in [5.41, 5.74) is -0.240. The molecule has 3 heterocycles. The van der Waals surface area contributed by atoms with Crippen LogP contribution in [0.2, 0.25) is 0 Å². The van der Waals surface area contributed by atoms with Crippen molar-refractivity contribution >= 4 is 22.8 Å². The number of carbonyl (C=O) groups excluding carboxylic acids is 1. The number of alkyl halides is 1. The molecule has 0 spiro atoms. The normalized spacial score (nSPS) is 16.2. The number of hydrogen-bond acceptors (Lipinski definition) is 5. The Morgan fingerprint density at radius 1 is 1.30 bits per heavy atom. The highest BCUT2D eigenvalue weighted by Gasteiger charge is 2.34. The molecule has 3 rings (SSSR count). The summed E-state index contributed by atoms with van der Waals surface area (Å²) in [5, 5.41) is 7.76. The Bertz CT molecular complexity index is 720. The molecule has 1 aliphatic heterocycles. The Kier molecular flexibility index (Phi) is 3.91. The highest BCUT2D eigenvalue weighted by atomic mass is 19.1. The van der Waals surface area contributed by atoms with Gasteiger partial charge in [-0.2, -0.15) is 5.10 Å². The van der Waals surface area contributed by atoms with Crippen LogP contribution in [0.15, 0.2) is 6.20 Å². The first-order valence-electron chi connectivity index (χ1n) is 7.70. The SMILES string of the molecule is Cc1nc(N2CCN(C(=O)C(C)(C)CF)CC2)c2cn[nH]c2n1. The van der Waals surface area contributed by atoms with Gasteiger partial charge in [0.15, 0.2) is 5.65 Å². The van der Waals surface area contributed by atoms with Crippen molar-refractivity contribution in [3.63, 3.8) is 0 Å². The molecule has 7 nitrogen and oxygen atoms in total. The van der Waals surface area contributed by atoms with Crippen LogP contribution in [0.5, 0.6) is 0 Å². The monoisotopic (exact) mass is 320 g/mol. The summed E-state index contributed by atoms with van der Waals surface area (Å²) in [7, 11) is 0. The van der Waals surface area contributed by atoms with Crippen molar-refractivity contribution in [1.82, 2.24) is 25.1 Å². The number of hydrogen-bond donors (Lipinski definition) is 1. The molecule has 2 aromatic rings. The third kappa shape index (κ3) is 2.85. The maximum Gasteiger partial charge on any atom is 0.230 e. The quantitative estimate of drug-likeness (QED) is 0.922. The van der Waals surface area contributed by atoms with Crippen LogP contribution in [0.25, 0.3) is 11.0 Å². The summed E-state index contributed by atoms with van der Waals surface area (Å²) in [5.74, 6) is 1.37. The predicted octanol–water partition coefficient (Wildman–Crippen LogP) is 1.31. The first-order valence-corrected chi connectivity index (χ1v) is 7.70. The number of anilines is 1. The topological polar surface area (TPSA) is 78.0 Å². The van der Waals surface area contributed by atoms with E-state index in [9.17, 15) is 9.18 Å². The van der Waals surface area contributed by atoms with Crippen molar-refractivity contribution in [3.8, 4) is 0 Å². The molecule has 0 atom stereocenters. The van der Waals surface area contributed by atoms with E-state index >= 15 is 0 Å². The molecule has 0 bridgehead atoms. The molecule has 124 valence electrons. The molecule has 0 unspecified atom stereocenters. The maximum absolute atomic E-state index is 13.0. The zero-order valence-corrected chi connectivity index (χ0v) is 13.6. The van der Waals surface area contributed by atoms with Crippen LogP contribution >= 0.6 is 0 Å². The Morgan fingerprint density at radius 2 is 2.00 bits per heavy atom. The van der Waals surface area contributed by atoms with Gasteiger partial charge in [-0.25, -0.2) is 14.4 Å². The summed E-state index contributed by atoms with van der Waals surface area (Å²) in [6.45, 7) is 6.92. The molecule has 23 heavy (non-hydrogen) atoms. The van der Waals surface area contributed by atoms with Crippen molar-refractivity contribution in [2.75, 3.05) is 37.8 Å². The maximum atomic E-state index is 13.0. The van der Waals surface area contributed by atoms with E-state index < -0.39 is 12.1 Å². The van der Waals surface area contributed by atoms with Gasteiger partial charge in [-0.15, -0.1) is 0 Å². The fourth-order valence-corrected chi connectivity index (χ4v) is 2.78. The largest absolute Gasteiger partial charge is 0.352 e. The van der Waals surface area contributed by atoms with Crippen molar-refractivity contribution in [2.24, 2.45) is 5.41 Å². The van der Waals surface area contributed by atoms with E-state index in [1.807, 2.05) is 6.92 Å². The molecule has 1 saturated heterocycles. The van der Waals surface area contributed by atoms with E-state index in [2.05, 4.69) is 25.1 Å². The summed E-state index contributed by atoms with van der Waals surface area (Å²) in [4.78, 5) is 25.0. The van der Waals surface area contributed by atoms with Gasteiger partial charge >= 0.3 is 0 Å². The minimum absolute atomic E-state index is 0.132. The van der Waals surface area contributed by atoms with Crippen LogP contribution in [0.4, 0.5) is 10.2 Å². The van der Waals surface area contributed by atoms with Crippen molar-refractivity contribution in [3.05, 3.63) is 12.0 Å². The van der Waals surface area contributed by atoms with Gasteiger partial charge in [-0.05, 0) is 20.8 Å². The number of aromatic nitrogens is 4. The zero-order chi connectivity index (χ0) is 16.6. The second-order valence-electron chi connectivity index (χ2n) is 6.52. The zero-order valence-electron chi connectivity index (χ0n) is 13.6. The molecular formula is C15H21FN6O. The van der Waals surface area contributed by atoms with Gasteiger partial charge in [0.1, 0.15) is 18.3 Å². The van der Waals surface area contributed by atoms with E-state index in [-0.39, 0.29) is 5.91 Å². The minimum Gasteiger partial charge on any atom is -0.352 e. The lowest BCUT2D eigenvalue weighted by Gasteiger charge is -2.38. The molecule has 0 aromatic carbocycles. The third-order valence-electron chi connectivity index (χ3n) is 4.18. The number of nitrogens with zero attached hydrogens (tertiary/aromatic N) is 5. The number of rotatable bonds is 3. The van der Waals surface area contributed by atoms with E-state index in [0.29, 0.717) is 37.7 Å². The van der Waals surface area contributed by atoms with E-state index in [0.717, 1.165) is 11.2 Å². The molecule has 0 aliphatic carbocycles. The molecule has 1 N–H and O–H groups in total. The van der Waals surface area contributed by atoms with E-state index in [1.165, 1.54) is 0 Å². The number of nitrogens with one attached hydrogen (secondary N) is 1. The van der Waals surface area contributed by atoms with Crippen molar-refractivity contribution in [1.29, 1.82) is 0 Å². The molecule has 0 radical (unpaired) electrons. The average molecular weight is 320 g/mol.